The fourth-order valence-electron chi connectivity index (χ4n) is 5.46. The molecule has 0 fully saturated rings. The van der Waals surface area contributed by atoms with Gasteiger partial charge in [0.25, 0.3) is 0 Å². The van der Waals surface area contributed by atoms with Crippen LogP contribution >= 0.6 is 0 Å². The van der Waals surface area contributed by atoms with E-state index in [1.807, 2.05) is 6.07 Å². The fraction of sp³-hybridized carbons (Fsp3) is 0.433. The van der Waals surface area contributed by atoms with Gasteiger partial charge in [0.1, 0.15) is 5.75 Å². The van der Waals surface area contributed by atoms with Gasteiger partial charge in [0.05, 0.1) is 19.7 Å². The van der Waals surface area contributed by atoms with E-state index in [1.54, 1.807) is 7.11 Å². The number of amides is 1. The second kappa shape index (κ2) is 9.79. The summed E-state index contributed by atoms with van der Waals surface area (Å²) in [7, 11) is 3.87. The zero-order chi connectivity index (χ0) is 24.6. The van der Waals surface area contributed by atoms with Gasteiger partial charge >= 0.3 is 0 Å². The maximum Gasteiger partial charge on any atom is 0.228 e. The highest BCUT2D eigenvalue weighted by molar-refractivity contribution is 5.88. The van der Waals surface area contributed by atoms with Crippen molar-refractivity contribution >= 4 is 16.7 Å². The zero-order valence-electron chi connectivity index (χ0n) is 21.7. The smallest absolute Gasteiger partial charge is 0.228 e. The summed E-state index contributed by atoms with van der Waals surface area (Å²) in [6.07, 6.45) is 2.36. The van der Waals surface area contributed by atoms with Crippen molar-refractivity contribution in [3.05, 3.63) is 75.8 Å². The van der Waals surface area contributed by atoms with Crippen LogP contribution in [0, 0.1) is 20.8 Å². The molecule has 0 saturated heterocycles. The minimum Gasteiger partial charge on any atom is -0.496 e. The first-order valence-electron chi connectivity index (χ1n) is 12.4. The molecule has 3 aromatic rings. The molecule has 180 valence electrons. The number of carbonyl (C=O) groups is 1. The maximum atomic E-state index is 13.4. The molecule has 2 atom stereocenters. The molecule has 0 radical (unpaired) electrons. The molecule has 3 aromatic carbocycles. The van der Waals surface area contributed by atoms with Crippen molar-refractivity contribution in [2.75, 3.05) is 20.7 Å². The molecule has 0 bridgehead atoms. The number of carbonyl (C=O) groups excluding carboxylic acids is 1. The molecule has 34 heavy (non-hydrogen) atoms. The minimum atomic E-state index is 0.0623. The van der Waals surface area contributed by atoms with Crippen molar-refractivity contribution in [1.29, 1.82) is 0 Å². The van der Waals surface area contributed by atoms with Crippen molar-refractivity contribution in [1.82, 2.24) is 9.80 Å². The highest BCUT2D eigenvalue weighted by Gasteiger charge is 2.31. The lowest BCUT2D eigenvalue weighted by Crippen LogP contribution is -2.50. The van der Waals surface area contributed by atoms with Gasteiger partial charge in [-0.05, 0) is 104 Å². The predicted molar refractivity (Wildman–Crippen MR) is 141 cm³/mol. The number of hydrogen-bond acceptors (Lipinski definition) is 3. The Labute approximate surface area is 204 Å². The first-order chi connectivity index (χ1) is 16.2. The summed E-state index contributed by atoms with van der Waals surface area (Å²) < 4.78 is 5.49. The number of nitrogens with zero attached hydrogens (tertiary/aromatic N) is 2. The van der Waals surface area contributed by atoms with Crippen molar-refractivity contribution in [3.63, 3.8) is 0 Å². The molecule has 0 saturated carbocycles. The van der Waals surface area contributed by atoms with Crippen LogP contribution in [0.25, 0.3) is 10.8 Å². The Kier molecular flexibility index (Phi) is 6.99. The molecule has 0 spiro atoms. The Morgan fingerprint density at radius 1 is 1.03 bits per heavy atom. The molecule has 1 aliphatic rings. The van der Waals surface area contributed by atoms with Crippen LogP contribution in [0.5, 0.6) is 5.75 Å². The monoisotopic (exact) mass is 458 g/mol. The first kappa shape index (κ1) is 24.3. The van der Waals surface area contributed by atoms with Crippen LogP contribution in [0.4, 0.5) is 0 Å². The highest BCUT2D eigenvalue weighted by Crippen LogP contribution is 2.32. The van der Waals surface area contributed by atoms with Crippen LogP contribution in [0.15, 0.2) is 42.5 Å². The van der Waals surface area contributed by atoms with E-state index in [2.05, 4.69) is 87.9 Å². The molecule has 0 N–H and O–H groups in total. The molecule has 4 rings (SSSR count). The summed E-state index contributed by atoms with van der Waals surface area (Å²) in [6, 6.07) is 15.5. The summed E-state index contributed by atoms with van der Waals surface area (Å²) in [5.41, 5.74) is 7.52. The van der Waals surface area contributed by atoms with E-state index in [-0.39, 0.29) is 18.1 Å². The van der Waals surface area contributed by atoms with Crippen LogP contribution in [0.1, 0.15) is 59.7 Å². The highest BCUT2D eigenvalue weighted by atomic mass is 16.5. The number of methoxy groups -OCH3 is 1. The molecular weight excluding hydrogens is 420 g/mol. The molecular formula is C30H38N2O2. The number of aryl methyl sites for hydroxylation is 3. The summed E-state index contributed by atoms with van der Waals surface area (Å²) in [6.45, 7) is 11.6. The van der Waals surface area contributed by atoms with E-state index < -0.39 is 0 Å². The fourth-order valence-corrected chi connectivity index (χ4v) is 5.46. The number of fused-ring (bicyclic) bond motifs is 2. The largest absolute Gasteiger partial charge is 0.496 e. The Morgan fingerprint density at radius 2 is 1.74 bits per heavy atom. The third-order valence-electron chi connectivity index (χ3n) is 7.87. The van der Waals surface area contributed by atoms with Gasteiger partial charge < -0.3 is 9.64 Å². The Bertz CT molecular complexity index is 1220. The average Bonchev–Trinajstić information content (AvgIpc) is 2.98. The van der Waals surface area contributed by atoms with Crippen molar-refractivity contribution in [3.8, 4) is 5.75 Å². The molecule has 4 nitrogen and oxygen atoms in total. The lowest BCUT2D eigenvalue weighted by molar-refractivity contribution is -0.137. The van der Waals surface area contributed by atoms with Crippen molar-refractivity contribution in [2.24, 2.45) is 0 Å². The molecule has 0 aromatic heterocycles. The Hall–Kier alpha value is -2.85. The first-order valence-corrected chi connectivity index (χ1v) is 12.4. The SMILES string of the molecule is CCC(N1CCc2cc(C)c(C)cc2CC1=O)N(C)C(C)c1ccc2c(C)c(OC)ccc2c1. The second-order valence-electron chi connectivity index (χ2n) is 9.82. The van der Waals surface area contributed by atoms with Gasteiger partial charge in [-0.3, -0.25) is 9.69 Å². The number of hydrogen-bond donors (Lipinski definition) is 0. The van der Waals surface area contributed by atoms with E-state index >= 15 is 0 Å². The van der Waals surface area contributed by atoms with E-state index in [0.29, 0.717) is 6.42 Å². The standard InChI is InChI=1S/C30H38N2O2/c1-8-29(32-14-13-24-15-19(2)20(3)16-26(24)18-30(32)33)31(6)22(5)23-9-11-27-21(4)28(34-7)12-10-25(27)17-23/h9-12,15-17,22,29H,8,13-14,18H2,1-7H3. The molecule has 1 heterocycles. The van der Waals surface area contributed by atoms with Gasteiger partial charge in [-0.1, -0.05) is 37.3 Å². The lowest BCUT2D eigenvalue weighted by atomic mass is 9.97. The summed E-state index contributed by atoms with van der Waals surface area (Å²) in [4.78, 5) is 17.9. The minimum absolute atomic E-state index is 0.0623. The van der Waals surface area contributed by atoms with Gasteiger partial charge in [-0.15, -0.1) is 0 Å². The van der Waals surface area contributed by atoms with Crippen LogP contribution in [-0.4, -0.2) is 42.6 Å². The third kappa shape index (κ3) is 4.44. The topological polar surface area (TPSA) is 32.8 Å². The van der Waals surface area contributed by atoms with E-state index in [1.165, 1.54) is 44.2 Å². The summed E-state index contributed by atoms with van der Waals surface area (Å²) in [5, 5.41) is 2.44. The van der Waals surface area contributed by atoms with Crippen molar-refractivity contribution in [2.45, 2.75) is 66.1 Å². The van der Waals surface area contributed by atoms with Gasteiger partial charge in [-0.2, -0.15) is 0 Å². The van der Waals surface area contributed by atoms with Crippen LogP contribution < -0.4 is 4.74 Å². The lowest BCUT2D eigenvalue weighted by Gasteiger charge is -2.40. The molecule has 2 unspecified atom stereocenters. The van der Waals surface area contributed by atoms with E-state index in [9.17, 15) is 4.79 Å². The second-order valence-corrected chi connectivity index (χ2v) is 9.82. The van der Waals surface area contributed by atoms with E-state index in [0.717, 1.165) is 25.1 Å². The molecule has 1 aliphatic heterocycles. The summed E-state index contributed by atoms with van der Waals surface area (Å²) in [5.74, 6) is 1.15. The summed E-state index contributed by atoms with van der Waals surface area (Å²) >= 11 is 0. The maximum absolute atomic E-state index is 13.4. The Morgan fingerprint density at radius 3 is 2.41 bits per heavy atom. The molecule has 0 aliphatic carbocycles. The van der Waals surface area contributed by atoms with Crippen LogP contribution in [0.2, 0.25) is 0 Å². The third-order valence-corrected chi connectivity index (χ3v) is 7.87. The normalized spacial score (nSPS) is 15.9. The number of rotatable bonds is 6. The average molecular weight is 459 g/mol. The van der Waals surface area contributed by atoms with Crippen LogP contribution in [-0.2, 0) is 17.6 Å². The van der Waals surface area contributed by atoms with Gasteiger partial charge in [0.2, 0.25) is 5.91 Å². The number of ether oxygens (including phenoxy) is 1. The molecule has 1 amide bonds. The zero-order valence-corrected chi connectivity index (χ0v) is 21.7. The number of benzene rings is 3. The van der Waals surface area contributed by atoms with E-state index in [4.69, 9.17) is 4.74 Å². The Balaban J connectivity index is 1.58. The van der Waals surface area contributed by atoms with Gasteiger partial charge in [0, 0.05) is 12.6 Å². The van der Waals surface area contributed by atoms with Crippen molar-refractivity contribution < 1.29 is 9.53 Å². The quantitative estimate of drug-likeness (QED) is 0.445. The van der Waals surface area contributed by atoms with Crippen LogP contribution in [0.3, 0.4) is 0 Å². The van der Waals surface area contributed by atoms with Gasteiger partial charge in [-0.25, -0.2) is 0 Å². The molecule has 4 heteroatoms. The predicted octanol–water partition coefficient (Wildman–Crippen LogP) is 6.13. The van der Waals surface area contributed by atoms with Gasteiger partial charge in [0.15, 0.2) is 0 Å².